The van der Waals surface area contributed by atoms with Crippen molar-refractivity contribution in [2.45, 2.75) is 58.3 Å². The molecule has 1 aromatic rings. The molecule has 1 aliphatic heterocycles. The second-order valence-corrected chi connectivity index (χ2v) is 7.46. The molecule has 1 fully saturated rings. The zero-order valence-electron chi connectivity index (χ0n) is 16.2. The zero-order chi connectivity index (χ0) is 20.0. The van der Waals surface area contributed by atoms with Gasteiger partial charge >= 0.3 is 18.0 Å². The molecule has 1 N–H and O–H groups in total. The lowest BCUT2D eigenvalue weighted by Crippen LogP contribution is -2.46. The maximum Gasteiger partial charge on any atom is 0.408 e. The number of hydrogen-bond donors (Lipinski definition) is 1. The number of alkyl carbamates (subject to hydrolysis) is 1. The molecular weight excluding hydrogens is 350 g/mol. The van der Waals surface area contributed by atoms with Crippen LogP contribution >= 0.6 is 0 Å². The number of hydrogen-bond acceptors (Lipinski definition) is 6. The second kappa shape index (κ2) is 8.88. The van der Waals surface area contributed by atoms with Gasteiger partial charge in [0.15, 0.2) is 5.92 Å². The third-order valence-electron chi connectivity index (χ3n) is 4.04. The van der Waals surface area contributed by atoms with Crippen LogP contribution in [0.5, 0.6) is 0 Å². The SMILES string of the molecule is CCOC(=O)[C@@H]1C[C@@H](C(Cc2ccccc2)NC(=O)OC(C)(C)C)OC1=O. The summed E-state index contributed by atoms with van der Waals surface area (Å²) in [5.41, 5.74) is 0.315. The van der Waals surface area contributed by atoms with Crippen molar-refractivity contribution >= 4 is 18.0 Å². The molecule has 0 spiro atoms. The van der Waals surface area contributed by atoms with Crippen LogP contribution < -0.4 is 5.32 Å². The first-order valence-corrected chi connectivity index (χ1v) is 9.10. The van der Waals surface area contributed by atoms with E-state index in [1.54, 1.807) is 27.7 Å². The van der Waals surface area contributed by atoms with Gasteiger partial charge in [0.2, 0.25) is 0 Å². The Morgan fingerprint density at radius 1 is 1.26 bits per heavy atom. The molecule has 3 atom stereocenters. The number of carbonyl (C=O) groups excluding carboxylic acids is 3. The van der Waals surface area contributed by atoms with Gasteiger partial charge in [-0.05, 0) is 39.7 Å². The summed E-state index contributed by atoms with van der Waals surface area (Å²) in [5, 5.41) is 2.79. The molecule has 0 aliphatic carbocycles. The summed E-state index contributed by atoms with van der Waals surface area (Å²) in [4.78, 5) is 36.3. The molecule has 0 radical (unpaired) electrons. The van der Waals surface area contributed by atoms with Gasteiger partial charge in [0.05, 0.1) is 12.6 Å². The third-order valence-corrected chi connectivity index (χ3v) is 4.04. The summed E-state index contributed by atoms with van der Waals surface area (Å²) in [7, 11) is 0. The minimum atomic E-state index is -0.964. The molecule has 1 saturated heterocycles. The van der Waals surface area contributed by atoms with Gasteiger partial charge in [-0.2, -0.15) is 0 Å². The van der Waals surface area contributed by atoms with Gasteiger partial charge in [0.1, 0.15) is 11.7 Å². The Morgan fingerprint density at radius 3 is 2.52 bits per heavy atom. The van der Waals surface area contributed by atoms with E-state index in [-0.39, 0.29) is 13.0 Å². The highest BCUT2D eigenvalue weighted by Crippen LogP contribution is 2.26. The van der Waals surface area contributed by atoms with Crippen LogP contribution in [0.3, 0.4) is 0 Å². The minimum Gasteiger partial charge on any atom is -0.465 e. The van der Waals surface area contributed by atoms with Crippen molar-refractivity contribution in [3.8, 4) is 0 Å². The molecule has 1 aliphatic rings. The van der Waals surface area contributed by atoms with E-state index in [9.17, 15) is 14.4 Å². The number of carbonyl (C=O) groups is 3. The van der Waals surface area contributed by atoms with Crippen LogP contribution in [0.4, 0.5) is 4.79 Å². The number of cyclic esters (lactones) is 1. The van der Waals surface area contributed by atoms with Gasteiger partial charge in [0.25, 0.3) is 0 Å². The Labute approximate surface area is 159 Å². The van der Waals surface area contributed by atoms with Crippen molar-refractivity contribution in [2.75, 3.05) is 6.61 Å². The number of amides is 1. The maximum absolute atomic E-state index is 12.2. The number of ether oxygens (including phenoxy) is 3. The van der Waals surface area contributed by atoms with Crippen LogP contribution in [0, 0.1) is 5.92 Å². The van der Waals surface area contributed by atoms with Crippen molar-refractivity contribution in [3.05, 3.63) is 35.9 Å². The van der Waals surface area contributed by atoms with Gasteiger partial charge < -0.3 is 19.5 Å². The summed E-state index contributed by atoms with van der Waals surface area (Å²) >= 11 is 0. The summed E-state index contributed by atoms with van der Waals surface area (Å²) in [6, 6.07) is 8.99. The maximum atomic E-state index is 12.2. The van der Waals surface area contributed by atoms with E-state index in [1.807, 2.05) is 30.3 Å². The fraction of sp³-hybridized carbons (Fsp3) is 0.550. The molecule has 1 heterocycles. The van der Waals surface area contributed by atoms with Crippen LogP contribution in [0.15, 0.2) is 30.3 Å². The van der Waals surface area contributed by atoms with E-state index in [2.05, 4.69) is 5.32 Å². The van der Waals surface area contributed by atoms with Crippen LogP contribution in [0.2, 0.25) is 0 Å². The lowest BCUT2D eigenvalue weighted by atomic mass is 9.96. The predicted molar refractivity (Wildman–Crippen MR) is 97.9 cm³/mol. The van der Waals surface area contributed by atoms with Crippen molar-refractivity contribution in [1.29, 1.82) is 0 Å². The topological polar surface area (TPSA) is 90.9 Å². The molecule has 0 aromatic heterocycles. The average Bonchev–Trinajstić information content (AvgIpc) is 2.95. The lowest BCUT2D eigenvalue weighted by Gasteiger charge is -2.26. The molecular formula is C20H27NO6. The van der Waals surface area contributed by atoms with Crippen LogP contribution in [-0.2, 0) is 30.2 Å². The number of rotatable bonds is 6. The monoisotopic (exact) mass is 377 g/mol. The summed E-state index contributed by atoms with van der Waals surface area (Å²) in [5.74, 6) is -2.18. The van der Waals surface area contributed by atoms with Gasteiger partial charge in [-0.1, -0.05) is 30.3 Å². The first kappa shape index (κ1) is 20.7. The minimum absolute atomic E-state index is 0.158. The van der Waals surface area contributed by atoms with Crippen molar-refractivity contribution in [1.82, 2.24) is 5.32 Å². The van der Waals surface area contributed by atoms with Crippen LogP contribution in [-0.4, -0.2) is 42.4 Å². The third kappa shape index (κ3) is 6.27. The molecule has 7 heteroatoms. The Kier molecular flexibility index (Phi) is 6.82. The molecule has 1 unspecified atom stereocenters. The summed E-state index contributed by atoms with van der Waals surface area (Å²) in [6.07, 6.45) is -0.642. The molecule has 1 amide bonds. The summed E-state index contributed by atoms with van der Waals surface area (Å²) < 4.78 is 15.7. The highest BCUT2D eigenvalue weighted by Gasteiger charge is 2.44. The Balaban J connectivity index is 2.13. The van der Waals surface area contributed by atoms with Crippen molar-refractivity contribution in [2.24, 2.45) is 5.92 Å². The van der Waals surface area contributed by atoms with E-state index in [0.29, 0.717) is 6.42 Å². The predicted octanol–water partition coefficient (Wildman–Crippen LogP) is 2.62. The van der Waals surface area contributed by atoms with E-state index in [4.69, 9.17) is 14.2 Å². The van der Waals surface area contributed by atoms with E-state index in [0.717, 1.165) is 5.56 Å². The molecule has 2 rings (SSSR count). The Morgan fingerprint density at radius 2 is 1.93 bits per heavy atom. The van der Waals surface area contributed by atoms with E-state index >= 15 is 0 Å². The number of benzene rings is 1. The van der Waals surface area contributed by atoms with Crippen LogP contribution in [0.25, 0.3) is 0 Å². The molecule has 148 valence electrons. The van der Waals surface area contributed by atoms with Crippen molar-refractivity contribution < 1.29 is 28.6 Å². The highest BCUT2D eigenvalue weighted by molar-refractivity contribution is 5.96. The molecule has 0 bridgehead atoms. The zero-order valence-corrected chi connectivity index (χ0v) is 16.2. The van der Waals surface area contributed by atoms with Gasteiger partial charge in [0, 0.05) is 6.42 Å². The fourth-order valence-electron chi connectivity index (χ4n) is 2.89. The van der Waals surface area contributed by atoms with Gasteiger partial charge in [-0.3, -0.25) is 9.59 Å². The first-order valence-electron chi connectivity index (χ1n) is 9.10. The fourth-order valence-corrected chi connectivity index (χ4v) is 2.89. The Hall–Kier alpha value is -2.57. The van der Waals surface area contributed by atoms with Gasteiger partial charge in [-0.25, -0.2) is 4.79 Å². The Bertz CT molecular complexity index is 667. The van der Waals surface area contributed by atoms with Gasteiger partial charge in [-0.15, -0.1) is 0 Å². The molecule has 7 nitrogen and oxygen atoms in total. The number of nitrogens with one attached hydrogen (secondary N) is 1. The molecule has 1 aromatic carbocycles. The van der Waals surface area contributed by atoms with E-state index < -0.39 is 41.7 Å². The largest absolute Gasteiger partial charge is 0.465 e. The summed E-state index contributed by atoms with van der Waals surface area (Å²) in [6.45, 7) is 7.18. The normalized spacial score (nSPS) is 20.5. The van der Waals surface area contributed by atoms with Crippen LogP contribution in [0.1, 0.15) is 39.7 Å². The van der Waals surface area contributed by atoms with E-state index in [1.165, 1.54) is 0 Å². The average molecular weight is 377 g/mol. The lowest BCUT2D eigenvalue weighted by molar-refractivity contribution is -0.156. The molecule has 0 saturated carbocycles. The van der Waals surface area contributed by atoms with Crippen molar-refractivity contribution in [3.63, 3.8) is 0 Å². The number of esters is 2. The highest BCUT2D eigenvalue weighted by atomic mass is 16.6. The first-order chi connectivity index (χ1) is 12.7. The molecule has 27 heavy (non-hydrogen) atoms. The second-order valence-electron chi connectivity index (χ2n) is 7.46. The quantitative estimate of drug-likeness (QED) is 0.466. The standard InChI is InChI=1S/C20H27NO6/c1-5-25-17(22)14-12-16(26-18(14)23)15(11-13-9-7-6-8-10-13)21-19(24)27-20(2,3)4/h6-10,14-16H,5,11-12H2,1-4H3,(H,21,24)/t14-,15?,16-/m0/s1. The smallest absolute Gasteiger partial charge is 0.408 e.